The van der Waals surface area contributed by atoms with E-state index in [0.29, 0.717) is 18.9 Å². The normalized spacial score (nSPS) is 10.7. The summed E-state index contributed by atoms with van der Waals surface area (Å²) >= 11 is 0. The predicted octanol–water partition coefficient (Wildman–Crippen LogP) is 1.44. The van der Waals surface area contributed by atoms with Gasteiger partial charge in [0.25, 0.3) is 5.91 Å². The summed E-state index contributed by atoms with van der Waals surface area (Å²) in [6.45, 7) is 1.90. The Kier molecular flexibility index (Phi) is 5.54. The highest BCUT2D eigenvalue weighted by atomic mass is 16.5. The number of benzene rings is 2. The lowest BCUT2D eigenvalue weighted by Crippen LogP contribution is -2.22. The molecule has 0 atom stereocenters. The third-order valence-corrected chi connectivity index (χ3v) is 3.15. The summed E-state index contributed by atoms with van der Waals surface area (Å²) in [5.41, 5.74) is 6.17. The van der Waals surface area contributed by atoms with Crippen molar-refractivity contribution in [2.45, 2.75) is 6.54 Å². The average Bonchev–Trinajstić information content (AvgIpc) is 2.50. The summed E-state index contributed by atoms with van der Waals surface area (Å²) in [5.74, 6) is 0.193. The van der Waals surface area contributed by atoms with E-state index in [2.05, 4.69) is 5.32 Å². The largest absolute Gasteiger partial charge is 0.483 e. The van der Waals surface area contributed by atoms with E-state index >= 15 is 0 Å². The predicted molar refractivity (Wildman–Crippen MR) is 82.2 cm³/mol. The van der Waals surface area contributed by atoms with Crippen LogP contribution in [0.1, 0.15) is 5.56 Å². The van der Waals surface area contributed by atoms with Gasteiger partial charge in [-0.15, -0.1) is 0 Å². The van der Waals surface area contributed by atoms with E-state index in [9.17, 15) is 4.79 Å². The van der Waals surface area contributed by atoms with Crippen LogP contribution in [0.25, 0.3) is 10.8 Å². The molecule has 0 aliphatic rings. The maximum absolute atomic E-state index is 10.9. The molecule has 0 aliphatic carbocycles. The first-order valence-corrected chi connectivity index (χ1v) is 6.83. The van der Waals surface area contributed by atoms with Gasteiger partial charge in [-0.3, -0.25) is 4.79 Å². The minimum absolute atomic E-state index is 0.122. The average molecular weight is 288 g/mol. The van der Waals surface area contributed by atoms with E-state index < -0.39 is 5.91 Å². The number of methoxy groups -OCH3 is 1. The zero-order chi connectivity index (χ0) is 15.1. The van der Waals surface area contributed by atoms with Crippen LogP contribution in [0.3, 0.4) is 0 Å². The number of primary amides is 1. The van der Waals surface area contributed by atoms with Crippen molar-refractivity contribution in [1.82, 2.24) is 5.32 Å². The number of amides is 1. The Balaban J connectivity index is 2.25. The van der Waals surface area contributed by atoms with Gasteiger partial charge in [-0.05, 0) is 16.8 Å². The van der Waals surface area contributed by atoms with Crippen molar-refractivity contribution in [3.8, 4) is 5.75 Å². The molecule has 21 heavy (non-hydrogen) atoms. The van der Waals surface area contributed by atoms with Crippen molar-refractivity contribution in [2.75, 3.05) is 26.9 Å². The lowest BCUT2D eigenvalue weighted by atomic mass is 10.0. The Bertz CT molecular complexity index is 613. The number of rotatable bonds is 8. The van der Waals surface area contributed by atoms with Crippen LogP contribution in [0.4, 0.5) is 0 Å². The van der Waals surface area contributed by atoms with Crippen LogP contribution in [0, 0.1) is 0 Å². The minimum Gasteiger partial charge on any atom is -0.483 e. The Hall–Kier alpha value is -2.11. The van der Waals surface area contributed by atoms with Gasteiger partial charge in [-0.1, -0.05) is 30.3 Å². The zero-order valence-electron chi connectivity index (χ0n) is 12.1. The van der Waals surface area contributed by atoms with Gasteiger partial charge in [0, 0.05) is 25.8 Å². The SMILES string of the molecule is COCCNCc1c(OCC(N)=O)ccc2ccccc12. The number of fused-ring (bicyclic) bond motifs is 1. The number of ether oxygens (including phenoxy) is 2. The first-order chi connectivity index (χ1) is 10.2. The van der Waals surface area contributed by atoms with Gasteiger partial charge in [-0.2, -0.15) is 0 Å². The van der Waals surface area contributed by atoms with E-state index in [1.165, 1.54) is 0 Å². The van der Waals surface area contributed by atoms with Gasteiger partial charge in [-0.25, -0.2) is 0 Å². The molecule has 0 saturated carbocycles. The summed E-state index contributed by atoms with van der Waals surface area (Å²) < 4.78 is 10.5. The smallest absolute Gasteiger partial charge is 0.255 e. The third kappa shape index (κ3) is 4.18. The van der Waals surface area contributed by atoms with E-state index in [-0.39, 0.29) is 6.61 Å². The lowest BCUT2D eigenvalue weighted by molar-refractivity contribution is -0.119. The number of nitrogens with two attached hydrogens (primary N) is 1. The molecule has 0 spiro atoms. The molecule has 0 aromatic heterocycles. The monoisotopic (exact) mass is 288 g/mol. The van der Waals surface area contributed by atoms with E-state index in [4.69, 9.17) is 15.2 Å². The quantitative estimate of drug-likeness (QED) is 0.721. The highest BCUT2D eigenvalue weighted by Gasteiger charge is 2.09. The fourth-order valence-corrected chi connectivity index (χ4v) is 2.17. The van der Waals surface area contributed by atoms with Crippen LogP contribution < -0.4 is 15.8 Å². The molecular formula is C16H20N2O3. The first-order valence-electron chi connectivity index (χ1n) is 6.83. The molecule has 0 heterocycles. The van der Waals surface area contributed by atoms with Gasteiger partial charge >= 0.3 is 0 Å². The van der Waals surface area contributed by atoms with Crippen molar-refractivity contribution in [1.29, 1.82) is 0 Å². The molecule has 3 N–H and O–H groups in total. The van der Waals surface area contributed by atoms with Crippen LogP contribution >= 0.6 is 0 Å². The second kappa shape index (κ2) is 7.61. The van der Waals surface area contributed by atoms with E-state index in [1.807, 2.05) is 36.4 Å². The number of nitrogens with one attached hydrogen (secondary N) is 1. The summed E-state index contributed by atoms with van der Waals surface area (Å²) in [6.07, 6.45) is 0. The molecule has 0 radical (unpaired) electrons. The van der Waals surface area contributed by atoms with Crippen LogP contribution in [0.5, 0.6) is 5.75 Å². The first kappa shape index (κ1) is 15.3. The van der Waals surface area contributed by atoms with Crippen molar-refractivity contribution < 1.29 is 14.3 Å². The maximum Gasteiger partial charge on any atom is 0.255 e. The summed E-state index contributed by atoms with van der Waals surface area (Å²) in [7, 11) is 1.67. The third-order valence-electron chi connectivity index (χ3n) is 3.15. The molecule has 5 heteroatoms. The topological polar surface area (TPSA) is 73.6 Å². The molecule has 0 fully saturated rings. The van der Waals surface area contributed by atoms with Crippen LogP contribution in [0.15, 0.2) is 36.4 Å². The van der Waals surface area contributed by atoms with Gasteiger partial charge in [0.15, 0.2) is 6.61 Å². The Labute approximate surface area is 124 Å². The van der Waals surface area contributed by atoms with Crippen LogP contribution in [-0.4, -0.2) is 32.8 Å². The highest BCUT2D eigenvalue weighted by Crippen LogP contribution is 2.28. The molecule has 0 aliphatic heterocycles. The Morgan fingerprint density at radius 1 is 1.24 bits per heavy atom. The van der Waals surface area contributed by atoms with Crippen molar-refractivity contribution >= 4 is 16.7 Å². The fraction of sp³-hybridized carbons (Fsp3) is 0.312. The zero-order valence-corrected chi connectivity index (χ0v) is 12.1. The number of carbonyl (C=O) groups is 1. The van der Waals surface area contributed by atoms with Gasteiger partial charge in [0.05, 0.1) is 6.61 Å². The van der Waals surface area contributed by atoms with Crippen molar-refractivity contribution in [3.63, 3.8) is 0 Å². The fourth-order valence-electron chi connectivity index (χ4n) is 2.17. The van der Waals surface area contributed by atoms with Crippen LogP contribution in [-0.2, 0) is 16.1 Å². The number of hydrogen-bond acceptors (Lipinski definition) is 4. The van der Waals surface area contributed by atoms with Crippen molar-refractivity contribution in [3.05, 3.63) is 42.0 Å². The van der Waals surface area contributed by atoms with Gasteiger partial charge < -0.3 is 20.5 Å². The van der Waals surface area contributed by atoms with E-state index in [0.717, 1.165) is 22.9 Å². The Morgan fingerprint density at radius 3 is 2.81 bits per heavy atom. The van der Waals surface area contributed by atoms with Crippen molar-refractivity contribution in [2.24, 2.45) is 5.73 Å². The molecule has 0 bridgehead atoms. The van der Waals surface area contributed by atoms with E-state index in [1.54, 1.807) is 7.11 Å². The summed E-state index contributed by atoms with van der Waals surface area (Å²) in [4.78, 5) is 10.9. The molecule has 1 amide bonds. The molecule has 2 aromatic carbocycles. The molecule has 5 nitrogen and oxygen atoms in total. The summed E-state index contributed by atoms with van der Waals surface area (Å²) in [6, 6.07) is 11.9. The van der Waals surface area contributed by atoms with Crippen LogP contribution in [0.2, 0.25) is 0 Å². The number of carbonyl (C=O) groups excluding carboxylic acids is 1. The standard InChI is InChI=1S/C16H20N2O3/c1-20-9-8-18-10-14-13-5-3-2-4-12(13)6-7-15(14)21-11-16(17)19/h2-7,18H,8-11H2,1H3,(H2,17,19). The summed E-state index contributed by atoms with van der Waals surface area (Å²) in [5, 5.41) is 5.53. The molecule has 112 valence electrons. The molecule has 0 unspecified atom stereocenters. The molecule has 2 aromatic rings. The maximum atomic E-state index is 10.9. The molecule has 2 rings (SSSR count). The lowest BCUT2D eigenvalue weighted by Gasteiger charge is -2.14. The van der Waals surface area contributed by atoms with Gasteiger partial charge in [0.1, 0.15) is 5.75 Å². The number of hydrogen-bond donors (Lipinski definition) is 2. The van der Waals surface area contributed by atoms with Gasteiger partial charge in [0.2, 0.25) is 0 Å². The Morgan fingerprint density at radius 2 is 2.05 bits per heavy atom. The second-order valence-electron chi connectivity index (χ2n) is 4.69. The molecule has 0 saturated heterocycles. The molecular weight excluding hydrogens is 268 g/mol. The minimum atomic E-state index is -0.485. The highest BCUT2D eigenvalue weighted by molar-refractivity contribution is 5.88. The second-order valence-corrected chi connectivity index (χ2v) is 4.69.